The van der Waals surface area contributed by atoms with Crippen LogP contribution in [0.3, 0.4) is 0 Å². The minimum Gasteiger partial charge on any atom is -0.395 e. The molecule has 2 aliphatic rings. The third-order valence-electron chi connectivity index (χ3n) is 3.81. The number of aliphatic hydroxyl groups is 1. The molecular formula is C12H21NO2. The van der Waals surface area contributed by atoms with E-state index in [0.29, 0.717) is 5.78 Å². The average Bonchev–Trinajstić information content (AvgIpc) is 2.30. The molecule has 2 atom stereocenters. The molecule has 2 unspecified atom stereocenters. The third kappa shape index (κ3) is 2.40. The highest BCUT2D eigenvalue weighted by molar-refractivity contribution is 5.84. The summed E-state index contributed by atoms with van der Waals surface area (Å²) in [6.45, 7) is 1.21. The Labute approximate surface area is 91.5 Å². The molecular weight excluding hydrogens is 190 g/mol. The highest BCUT2D eigenvalue weighted by Crippen LogP contribution is 2.26. The second kappa shape index (κ2) is 5.08. The smallest absolute Gasteiger partial charge is 0.149 e. The fourth-order valence-corrected chi connectivity index (χ4v) is 2.94. The summed E-state index contributed by atoms with van der Waals surface area (Å²) in [5, 5.41) is 9.33. The lowest BCUT2D eigenvalue weighted by atomic mass is 9.89. The molecule has 1 aliphatic heterocycles. The van der Waals surface area contributed by atoms with Crippen LogP contribution in [0.1, 0.15) is 44.9 Å². The number of piperidine rings is 1. The third-order valence-corrected chi connectivity index (χ3v) is 3.81. The van der Waals surface area contributed by atoms with Gasteiger partial charge in [-0.25, -0.2) is 0 Å². The van der Waals surface area contributed by atoms with Crippen LogP contribution in [0.2, 0.25) is 0 Å². The van der Waals surface area contributed by atoms with Gasteiger partial charge in [0.25, 0.3) is 0 Å². The first kappa shape index (κ1) is 11.1. The largest absolute Gasteiger partial charge is 0.395 e. The number of nitrogens with zero attached hydrogens (tertiary/aromatic N) is 1. The predicted octanol–water partition coefficient (Wildman–Crippen LogP) is 1.34. The molecule has 1 saturated carbocycles. The van der Waals surface area contributed by atoms with Crippen molar-refractivity contribution in [1.29, 1.82) is 0 Å². The quantitative estimate of drug-likeness (QED) is 0.749. The van der Waals surface area contributed by atoms with E-state index in [4.69, 9.17) is 0 Å². The minimum absolute atomic E-state index is 0.121. The Bertz CT molecular complexity index is 230. The van der Waals surface area contributed by atoms with Crippen LogP contribution in [0.4, 0.5) is 0 Å². The van der Waals surface area contributed by atoms with E-state index in [1.807, 2.05) is 0 Å². The zero-order chi connectivity index (χ0) is 10.7. The van der Waals surface area contributed by atoms with Crippen molar-refractivity contribution in [2.75, 3.05) is 13.2 Å². The van der Waals surface area contributed by atoms with Gasteiger partial charge in [-0.1, -0.05) is 12.8 Å². The fourth-order valence-electron chi connectivity index (χ4n) is 2.94. The molecule has 0 amide bonds. The number of carbonyl (C=O) groups is 1. The Balaban J connectivity index is 2.02. The second-order valence-electron chi connectivity index (χ2n) is 4.80. The van der Waals surface area contributed by atoms with Crippen molar-refractivity contribution in [2.45, 2.75) is 57.0 Å². The van der Waals surface area contributed by atoms with Crippen LogP contribution >= 0.6 is 0 Å². The number of hydrogen-bond acceptors (Lipinski definition) is 3. The van der Waals surface area contributed by atoms with Gasteiger partial charge in [-0.2, -0.15) is 0 Å². The van der Waals surface area contributed by atoms with Crippen LogP contribution < -0.4 is 0 Å². The molecule has 0 aromatic carbocycles. The highest BCUT2D eigenvalue weighted by Gasteiger charge is 2.33. The monoisotopic (exact) mass is 211 g/mol. The maximum atomic E-state index is 11.8. The van der Waals surface area contributed by atoms with Crippen molar-refractivity contribution in [3.63, 3.8) is 0 Å². The molecule has 0 bridgehead atoms. The standard InChI is InChI=1S/C12H21NO2/c14-9-10-5-3-4-8-13(10)11-6-1-2-7-12(11)15/h10-11,14H,1-9H2. The van der Waals surface area contributed by atoms with Crippen LogP contribution in [0.25, 0.3) is 0 Å². The number of rotatable bonds is 2. The summed E-state index contributed by atoms with van der Waals surface area (Å²) in [4.78, 5) is 14.1. The number of ketones is 1. The molecule has 1 heterocycles. The van der Waals surface area contributed by atoms with Crippen molar-refractivity contribution in [2.24, 2.45) is 0 Å². The van der Waals surface area contributed by atoms with Crippen LogP contribution in [0.15, 0.2) is 0 Å². The number of likely N-dealkylation sites (tertiary alicyclic amines) is 1. The molecule has 0 aromatic rings. The van der Waals surface area contributed by atoms with Gasteiger partial charge in [0.2, 0.25) is 0 Å². The topological polar surface area (TPSA) is 40.5 Å². The van der Waals surface area contributed by atoms with Gasteiger partial charge in [0.1, 0.15) is 5.78 Å². The first-order chi connectivity index (χ1) is 7.33. The molecule has 1 aliphatic carbocycles. The summed E-state index contributed by atoms with van der Waals surface area (Å²) in [6, 6.07) is 0.363. The first-order valence-corrected chi connectivity index (χ1v) is 6.22. The van der Waals surface area contributed by atoms with Crippen molar-refractivity contribution in [1.82, 2.24) is 4.90 Å². The van der Waals surface area contributed by atoms with Gasteiger partial charge in [-0.3, -0.25) is 9.69 Å². The summed E-state index contributed by atoms with van der Waals surface area (Å²) in [5.74, 6) is 0.404. The predicted molar refractivity (Wildman–Crippen MR) is 58.7 cm³/mol. The molecule has 1 saturated heterocycles. The molecule has 1 N–H and O–H groups in total. The Kier molecular flexibility index (Phi) is 3.76. The summed E-state index contributed by atoms with van der Waals surface area (Å²) in [6.07, 6.45) is 7.43. The van der Waals surface area contributed by atoms with E-state index < -0.39 is 0 Å². The lowest BCUT2D eigenvalue weighted by Crippen LogP contribution is -2.52. The zero-order valence-corrected chi connectivity index (χ0v) is 9.32. The first-order valence-electron chi connectivity index (χ1n) is 6.22. The molecule has 0 spiro atoms. The van der Waals surface area contributed by atoms with E-state index in [2.05, 4.69) is 4.90 Å². The van der Waals surface area contributed by atoms with Crippen molar-refractivity contribution >= 4 is 5.78 Å². The Morgan fingerprint density at radius 1 is 1.20 bits per heavy atom. The molecule has 0 aromatic heterocycles. The van der Waals surface area contributed by atoms with Gasteiger partial charge in [0.05, 0.1) is 12.6 Å². The van der Waals surface area contributed by atoms with Crippen LogP contribution in [0, 0.1) is 0 Å². The molecule has 3 nitrogen and oxygen atoms in total. The lowest BCUT2D eigenvalue weighted by molar-refractivity contribution is -0.128. The molecule has 2 rings (SSSR count). The van der Waals surface area contributed by atoms with Crippen molar-refractivity contribution in [3.8, 4) is 0 Å². The van der Waals surface area contributed by atoms with Gasteiger partial charge in [0, 0.05) is 12.5 Å². The maximum Gasteiger partial charge on any atom is 0.149 e. The van der Waals surface area contributed by atoms with Gasteiger partial charge < -0.3 is 5.11 Å². The van der Waals surface area contributed by atoms with E-state index in [0.717, 1.165) is 32.2 Å². The number of hydrogen-bond donors (Lipinski definition) is 1. The molecule has 3 heteroatoms. The van der Waals surface area contributed by atoms with E-state index in [-0.39, 0.29) is 18.7 Å². The molecule has 2 fully saturated rings. The van der Waals surface area contributed by atoms with Crippen LogP contribution in [0.5, 0.6) is 0 Å². The Hall–Kier alpha value is -0.410. The Morgan fingerprint density at radius 3 is 2.73 bits per heavy atom. The number of Topliss-reactive ketones (excluding diaryl/α,β-unsaturated/α-hetero) is 1. The molecule has 86 valence electrons. The summed E-state index contributed by atoms with van der Waals surface area (Å²) in [7, 11) is 0. The number of carbonyl (C=O) groups excluding carboxylic acids is 1. The van der Waals surface area contributed by atoms with Crippen LogP contribution in [-0.2, 0) is 4.79 Å². The van der Waals surface area contributed by atoms with Gasteiger partial charge >= 0.3 is 0 Å². The van der Waals surface area contributed by atoms with Crippen LogP contribution in [-0.4, -0.2) is 41.0 Å². The summed E-state index contributed by atoms with van der Waals surface area (Å²) < 4.78 is 0. The Morgan fingerprint density at radius 2 is 2.00 bits per heavy atom. The second-order valence-corrected chi connectivity index (χ2v) is 4.80. The van der Waals surface area contributed by atoms with Crippen molar-refractivity contribution in [3.05, 3.63) is 0 Å². The highest BCUT2D eigenvalue weighted by atomic mass is 16.3. The molecule has 15 heavy (non-hydrogen) atoms. The summed E-state index contributed by atoms with van der Waals surface area (Å²) in [5.41, 5.74) is 0. The number of aliphatic hydroxyl groups excluding tert-OH is 1. The van der Waals surface area contributed by atoms with E-state index >= 15 is 0 Å². The average molecular weight is 211 g/mol. The van der Waals surface area contributed by atoms with E-state index in [9.17, 15) is 9.90 Å². The SMILES string of the molecule is O=C1CCCCC1N1CCCCC1CO. The zero-order valence-electron chi connectivity index (χ0n) is 9.32. The molecule has 0 radical (unpaired) electrons. The maximum absolute atomic E-state index is 11.8. The van der Waals surface area contributed by atoms with Gasteiger partial charge in [0.15, 0.2) is 0 Å². The normalized spacial score (nSPS) is 34.3. The van der Waals surface area contributed by atoms with E-state index in [1.54, 1.807) is 0 Å². The van der Waals surface area contributed by atoms with Gasteiger partial charge in [-0.05, 0) is 32.2 Å². The van der Waals surface area contributed by atoms with Crippen molar-refractivity contribution < 1.29 is 9.90 Å². The minimum atomic E-state index is 0.121. The lowest BCUT2D eigenvalue weighted by Gasteiger charge is -2.41. The summed E-state index contributed by atoms with van der Waals surface area (Å²) >= 11 is 0. The van der Waals surface area contributed by atoms with E-state index in [1.165, 1.54) is 19.3 Å². The fraction of sp³-hybridized carbons (Fsp3) is 0.917. The van der Waals surface area contributed by atoms with Gasteiger partial charge in [-0.15, -0.1) is 0 Å².